The second-order valence-electron chi connectivity index (χ2n) is 5.87. The number of para-hydroxylation sites is 1. The fourth-order valence-corrected chi connectivity index (χ4v) is 2.61. The van der Waals surface area contributed by atoms with Gasteiger partial charge in [-0.15, -0.1) is 0 Å². The predicted octanol–water partition coefficient (Wildman–Crippen LogP) is 5.81. The Morgan fingerprint density at radius 2 is 2.12 bits per heavy atom. The molecule has 0 saturated heterocycles. The van der Waals surface area contributed by atoms with Crippen molar-refractivity contribution in [2.45, 2.75) is 52.9 Å². The Labute approximate surface area is 147 Å². The Kier molecular flexibility index (Phi) is 8.40. The number of amides is 1. The maximum Gasteiger partial charge on any atom is 0.439 e. The van der Waals surface area contributed by atoms with Gasteiger partial charge in [-0.1, -0.05) is 57.2 Å². The second-order valence-corrected chi connectivity index (χ2v) is 6.27. The van der Waals surface area contributed by atoms with Gasteiger partial charge in [0.2, 0.25) is 5.75 Å². The molecule has 0 N–H and O–H groups in total. The number of hydrogen-bond acceptors (Lipinski definition) is 4. The SMILES string of the molecule is CCCCCC(C)C/C(C)=N/C(=O)Oc1c(Cl)cccc1[N+](=O)[O-]. The van der Waals surface area contributed by atoms with Crippen LogP contribution in [0.15, 0.2) is 23.2 Å². The molecule has 24 heavy (non-hydrogen) atoms. The summed E-state index contributed by atoms with van der Waals surface area (Å²) >= 11 is 5.88. The number of carbonyl (C=O) groups is 1. The van der Waals surface area contributed by atoms with E-state index in [0.717, 1.165) is 12.8 Å². The van der Waals surface area contributed by atoms with E-state index in [1.165, 1.54) is 31.0 Å². The molecule has 0 heterocycles. The van der Waals surface area contributed by atoms with Crippen LogP contribution in [0.1, 0.15) is 52.9 Å². The average molecular weight is 355 g/mol. The second kappa shape index (κ2) is 10.0. The minimum Gasteiger partial charge on any atom is -0.400 e. The number of ether oxygens (including phenoxy) is 1. The van der Waals surface area contributed by atoms with Crippen LogP contribution < -0.4 is 4.74 Å². The first-order valence-electron chi connectivity index (χ1n) is 8.04. The van der Waals surface area contributed by atoms with Crippen LogP contribution in [0.5, 0.6) is 5.75 Å². The number of nitro benzene ring substituents is 1. The summed E-state index contributed by atoms with van der Waals surface area (Å²) in [7, 11) is 0. The molecule has 1 amide bonds. The normalized spacial score (nSPS) is 12.8. The Morgan fingerprint density at radius 1 is 1.42 bits per heavy atom. The van der Waals surface area contributed by atoms with Gasteiger partial charge in [-0.05, 0) is 25.3 Å². The smallest absolute Gasteiger partial charge is 0.400 e. The van der Waals surface area contributed by atoms with E-state index in [9.17, 15) is 14.9 Å². The zero-order valence-electron chi connectivity index (χ0n) is 14.3. The van der Waals surface area contributed by atoms with E-state index < -0.39 is 11.0 Å². The van der Waals surface area contributed by atoms with Gasteiger partial charge >= 0.3 is 11.8 Å². The molecule has 0 aromatic heterocycles. The number of benzene rings is 1. The molecular weight excluding hydrogens is 332 g/mol. The molecule has 1 aromatic carbocycles. The molecule has 0 aliphatic heterocycles. The molecule has 0 spiro atoms. The molecule has 1 atom stereocenters. The molecule has 0 aliphatic carbocycles. The van der Waals surface area contributed by atoms with Gasteiger partial charge in [0.1, 0.15) is 0 Å². The maximum atomic E-state index is 11.9. The van der Waals surface area contributed by atoms with Crippen molar-refractivity contribution in [3.05, 3.63) is 33.3 Å². The Morgan fingerprint density at radius 3 is 2.75 bits per heavy atom. The van der Waals surface area contributed by atoms with Crippen LogP contribution in [-0.2, 0) is 0 Å². The first-order valence-corrected chi connectivity index (χ1v) is 8.41. The van der Waals surface area contributed by atoms with Crippen molar-refractivity contribution in [2.24, 2.45) is 10.9 Å². The lowest BCUT2D eigenvalue weighted by atomic mass is 9.98. The van der Waals surface area contributed by atoms with Crippen LogP contribution in [0, 0.1) is 16.0 Å². The van der Waals surface area contributed by atoms with E-state index in [0.29, 0.717) is 18.1 Å². The quantitative estimate of drug-likeness (QED) is 0.255. The summed E-state index contributed by atoms with van der Waals surface area (Å²) in [6, 6.07) is 4.06. The third-order valence-corrected chi connectivity index (χ3v) is 3.86. The van der Waals surface area contributed by atoms with E-state index >= 15 is 0 Å². The van der Waals surface area contributed by atoms with Crippen LogP contribution in [0.3, 0.4) is 0 Å². The highest BCUT2D eigenvalue weighted by Crippen LogP contribution is 2.34. The molecular formula is C17H23ClN2O4. The highest BCUT2D eigenvalue weighted by atomic mass is 35.5. The molecule has 0 saturated carbocycles. The van der Waals surface area contributed by atoms with Crippen LogP contribution >= 0.6 is 11.6 Å². The first-order chi connectivity index (χ1) is 11.3. The summed E-state index contributed by atoms with van der Waals surface area (Å²) in [6.45, 7) is 6.01. The fourth-order valence-electron chi connectivity index (χ4n) is 2.40. The zero-order valence-corrected chi connectivity index (χ0v) is 15.0. The number of rotatable bonds is 8. The van der Waals surface area contributed by atoms with Gasteiger partial charge in [0.05, 0.1) is 9.95 Å². The lowest BCUT2D eigenvalue weighted by Crippen LogP contribution is -2.10. The molecule has 7 heteroatoms. The first kappa shape index (κ1) is 20.1. The molecule has 0 fully saturated rings. The van der Waals surface area contributed by atoms with Crippen molar-refractivity contribution >= 4 is 29.1 Å². The van der Waals surface area contributed by atoms with Gasteiger partial charge in [0.15, 0.2) is 0 Å². The van der Waals surface area contributed by atoms with E-state index in [1.54, 1.807) is 6.92 Å². The van der Waals surface area contributed by atoms with Crippen molar-refractivity contribution in [3.63, 3.8) is 0 Å². The minimum absolute atomic E-state index is 0.00154. The van der Waals surface area contributed by atoms with Crippen LogP contribution in [-0.4, -0.2) is 16.7 Å². The number of halogens is 1. The molecule has 132 valence electrons. The summed E-state index contributed by atoms with van der Waals surface area (Å²) in [5.41, 5.74) is 0.273. The van der Waals surface area contributed by atoms with Crippen molar-refractivity contribution in [2.75, 3.05) is 0 Å². The maximum absolute atomic E-state index is 11.9. The van der Waals surface area contributed by atoms with Crippen molar-refractivity contribution in [3.8, 4) is 5.75 Å². The van der Waals surface area contributed by atoms with E-state index in [4.69, 9.17) is 16.3 Å². The standard InChI is InChI=1S/C17H23ClN2O4/c1-4-5-6-8-12(2)11-13(3)19-17(21)24-16-14(18)9-7-10-15(16)20(22)23/h7,9-10,12H,4-6,8,11H2,1-3H3/b19-13+. The molecule has 0 aliphatic rings. The minimum atomic E-state index is -0.899. The molecule has 0 radical (unpaired) electrons. The number of nitro groups is 1. The van der Waals surface area contributed by atoms with Gasteiger partial charge in [-0.2, -0.15) is 4.99 Å². The summed E-state index contributed by atoms with van der Waals surface area (Å²) in [6.07, 6.45) is 4.38. The van der Waals surface area contributed by atoms with E-state index in [-0.39, 0.29) is 16.5 Å². The molecule has 1 aromatic rings. The molecule has 0 bridgehead atoms. The predicted molar refractivity (Wildman–Crippen MR) is 95.2 cm³/mol. The van der Waals surface area contributed by atoms with E-state index in [2.05, 4.69) is 18.8 Å². The van der Waals surface area contributed by atoms with Crippen LogP contribution in [0.25, 0.3) is 0 Å². The fraction of sp³-hybridized carbons (Fsp3) is 0.529. The summed E-state index contributed by atoms with van der Waals surface area (Å²) in [4.78, 5) is 26.1. The van der Waals surface area contributed by atoms with Crippen LogP contribution in [0.4, 0.5) is 10.5 Å². The number of carbonyl (C=O) groups excluding carboxylic acids is 1. The lowest BCUT2D eigenvalue weighted by molar-refractivity contribution is -0.385. The van der Waals surface area contributed by atoms with Crippen molar-refractivity contribution in [1.29, 1.82) is 0 Å². The van der Waals surface area contributed by atoms with E-state index in [1.807, 2.05) is 0 Å². The highest BCUT2D eigenvalue weighted by molar-refractivity contribution is 6.32. The van der Waals surface area contributed by atoms with Crippen molar-refractivity contribution < 1.29 is 14.5 Å². The van der Waals surface area contributed by atoms with Gasteiger partial charge < -0.3 is 4.74 Å². The van der Waals surface area contributed by atoms with Crippen molar-refractivity contribution in [1.82, 2.24) is 0 Å². The largest absolute Gasteiger partial charge is 0.439 e. The highest BCUT2D eigenvalue weighted by Gasteiger charge is 2.21. The molecule has 1 rings (SSSR count). The topological polar surface area (TPSA) is 81.8 Å². The molecule has 6 nitrogen and oxygen atoms in total. The number of unbranched alkanes of at least 4 members (excludes halogenated alkanes) is 2. The Hall–Kier alpha value is -1.95. The van der Waals surface area contributed by atoms with Gasteiger partial charge in [0.25, 0.3) is 0 Å². The summed E-state index contributed by atoms with van der Waals surface area (Å²) < 4.78 is 4.99. The Balaban J connectivity index is 2.70. The summed E-state index contributed by atoms with van der Waals surface area (Å²) in [5, 5.41) is 11.0. The van der Waals surface area contributed by atoms with Gasteiger partial charge in [0, 0.05) is 11.8 Å². The third kappa shape index (κ3) is 6.66. The third-order valence-electron chi connectivity index (χ3n) is 3.56. The molecule has 1 unspecified atom stereocenters. The lowest BCUT2D eigenvalue weighted by Gasteiger charge is -2.10. The monoisotopic (exact) mass is 354 g/mol. The number of aliphatic imine (C=N–C) groups is 1. The van der Waals surface area contributed by atoms with Gasteiger partial charge in [-0.3, -0.25) is 10.1 Å². The van der Waals surface area contributed by atoms with Crippen LogP contribution in [0.2, 0.25) is 5.02 Å². The zero-order chi connectivity index (χ0) is 18.1. The Bertz CT molecular complexity index is 617. The summed E-state index contributed by atoms with van der Waals surface area (Å²) in [5.74, 6) is 0.143. The van der Waals surface area contributed by atoms with Gasteiger partial charge in [-0.25, -0.2) is 4.79 Å². The number of hydrogen-bond donors (Lipinski definition) is 0. The average Bonchev–Trinajstić information content (AvgIpc) is 2.49. The number of nitrogens with zero attached hydrogens (tertiary/aromatic N) is 2.